The smallest absolute Gasteiger partial charge is 0.300 e. The number of carboxylic acids is 1. The van der Waals surface area contributed by atoms with Crippen LogP contribution in [0.2, 0.25) is 0 Å². The molecule has 1 rings (SSSR count). The molecule has 17 heavy (non-hydrogen) atoms. The van der Waals surface area contributed by atoms with Crippen molar-refractivity contribution in [3.8, 4) is 0 Å². The Morgan fingerprint density at radius 3 is 2.06 bits per heavy atom. The summed E-state index contributed by atoms with van der Waals surface area (Å²) in [6.07, 6.45) is 2.61. The van der Waals surface area contributed by atoms with Gasteiger partial charge in [-0.25, -0.2) is 0 Å². The molecule has 94 valence electrons. The number of hydrogen-bond acceptors (Lipinski definition) is 4. The molecule has 0 atom stereocenters. The van der Waals surface area contributed by atoms with Crippen molar-refractivity contribution in [2.24, 2.45) is 0 Å². The van der Waals surface area contributed by atoms with Gasteiger partial charge in [-0.1, -0.05) is 0 Å². The van der Waals surface area contributed by atoms with Crippen molar-refractivity contribution in [1.29, 1.82) is 0 Å². The summed E-state index contributed by atoms with van der Waals surface area (Å²) in [5, 5.41) is 7.42. The van der Waals surface area contributed by atoms with E-state index in [2.05, 4.69) is 5.73 Å². The average Bonchev–Trinajstić information content (AvgIpc) is 2.55. The Balaban J connectivity index is 0.000000557. The van der Waals surface area contributed by atoms with Gasteiger partial charge in [-0.15, -0.1) is 0 Å². The Kier molecular flexibility index (Phi) is 6.42. The molecule has 0 radical (unpaired) electrons. The Morgan fingerprint density at radius 2 is 1.71 bits per heavy atom. The average molecular weight is 243 g/mol. The summed E-state index contributed by atoms with van der Waals surface area (Å²) in [6, 6.07) is 0. The number of nitrogens with zero attached hydrogens (tertiary/aromatic N) is 1. The number of hydrogen-bond donors (Lipinski definition) is 2. The van der Waals surface area contributed by atoms with E-state index in [9.17, 15) is 14.4 Å². The van der Waals surface area contributed by atoms with Crippen molar-refractivity contribution in [2.45, 2.75) is 13.3 Å². The highest BCUT2D eigenvalue weighted by molar-refractivity contribution is 6.13. The molecular weight excluding hydrogens is 228 g/mol. The number of carbonyl (C=O) groups excluding carboxylic acids is 3. The molecule has 0 bridgehead atoms. The van der Waals surface area contributed by atoms with E-state index in [4.69, 9.17) is 9.90 Å². The van der Waals surface area contributed by atoms with E-state index >= 15 is 0 Å². The fourth-order valence-electron chi connectivity index (χ4n) is 1.01. The van der Waals surface area contributed by atoms with Gasteiger partial charge in [0.2, 0.25) is 0 Å². The molecule has 7 nitrogen and oxygen atoms in total. The summed E-state index contributed by atoms with van der Waals surface area (Å²) in [6.45, 7) is 1.45. The van der Waals surface area contributed by atoms with E-state index < -0.39 is 5.97 Å². The van der Waals surface area contributed by atoms with Crippen LogP contribution in [0, 0.1) is 0 Å². The Morgan fingerprint density at radius 1 is 1.29 bits per heavy atom. The van der Waals surface area contributed by atoms with Gasteiger partial charge in [0.25, 0.3) is 17.8 Å². The minimum absolute atomic E-state index is 0.0486. The standard InChI is InChI=1S/C8H10N2O3.C2H4O2/c9-5-6(11)3-4-10-7(12)1-2-8(10)13;1-2(3)4/h1-2H,3-5,9H2;1H3,(H,3,4)/p+1. The molecule has 0 aromatic carbocycles. The third kappa shape index (κ3) is 6.21. The molecule has 0 saturated heterocycles. The highest BCUT2D eigenvalue weighted by Crippen LogP contribution is 2.03. The summed E-state index contributed by atoms with van der Waals surface area (Å²) in [5.74, 6) is -1.57. The number of rotatable bonds is 4. The van der Waals surface area contributed by atoms with Gasteiger partial charge in [-0.3, -0.25) is 24.1 Å². The lowest BCUT2D eigenvalue weighted by Gasteiger charge is -2.11. The number of aliphatic carboxylic acids is 1. The van der Waals surface area contributed by atoms with E-state index in [-0.39, 0.29) is 37.1 Å². The predicted octanol–water partition coefficient (Wildman–Crippen LogP) is -1.80. The van der Waals surface area contributed by atoms with Gasteiger partial charge in [0.15, 0.2) is 5.78 Å². The number of amides is 2. The van der Waals surface area contributed by atoms with Crippen molar-refractivity contribution < 1.29 is 30.0 Å². The van der Waals surface area contributed by atoms with Crippen LogP contribution < -0.4 is 5.73 Å². The minimum atomic E-state index is -0.833. The zero-order valence-electron chi connectivity index (χ0n) is 9.51. The first-order valence-electron chi connectivity index (χ1n) is 4.92. The molecule has 7 heteroatoms. The van der Waals surface area contributed by atoms with Crippen LogP contribution in [0.15, 0.2) is 12.2 Å². The number of carboxylic acid groups (broad SMARTS) is 1. The highest BCUT2D eigenvalue weighted by atomic mass is 16.4. The first kappa shape index (κ1) is 15.0. The lowest BCUT2D eigenvalue weighted by Crippen LogP contribution is -2.54. The maximum atomic E-state index is 11.0. The van der Waals surface area contributed by atoms with Gasteiger partial charge in [-0.05, 0) is 0 Å². The third-order valence-electron chi connectivity index (χ3n) is 1.79. The number of imide groups is 1. The Bertz CT molecular complexity index is 340. The minimum Gasteiger partial charge on any atom is -0.481 e. The third-order valence-corrected chi connectivity index (χ3v) is 1.79. The molecule has 0 fully saturated rings. The number of ketones is 1. The molecule has 1 heterocycles. The van der Waals surface area contributed by atoms with Crippen molar-refractivity contribution >= 4 is 23.6 Å². The highest BCUT2D eigenvalue weighted by Gasteiger charge is 2.23. The maximum Gasteiger partial charge on any atom is 0.300 e. The van der Waals surface area contributed by atoms with Gasteiger partial charge in [-0.2, -0.15) is 0 Å². The quantitative estimate of drug-likeness (QED) is 0.565. The molecule has 0 aliphatic carbocycles. The second-order valence-corrected chi connectivity index (χ2v) is 3.22. The Hall–Kier alpha value is -2.02. The van der Waals surface area contributed by atoms with Crippen LogP contribution >= 0.6 is 0 Å². The van der Waals surface area contributed by atoms with Gasteiger partial charge in [0.1, 0.15) is 6.54 Å². The van der Waals surface area contributed by atoms with E-state index in [1.165, 1.54) is 12.2 Å². The monoisotopic (exact) mass is 243 g/mol. The van der Waals surface area contributed by atoms with Crippen LogP contribution in [0.3, 0.4) is 0 Å². The van der Waals surface area contributed by atoms with Crippen LogP contribution in [0.1, 0.15) is 13.3 Å². The second-order valence-electron chi connectivity index (χ2n) is 3.22. The molecule has 1 aliphatic rings. The summed E-state index contributed by atoms with van der Waals surface area (Å²) in [4.78, 5) is 42.9. The maximum absolute atomic E-state index is 11.0. The van der Waals surface area contributed by atoms with Gasteiger partial charge >= 0.3 is 0 Å². The normalized spacial score (nSPS) is 13.4. The van der Waals surface area contributed by atoms with E-state index in [1.54, 1.807) is 0 Å². The summed E-state index contributed by atoms with van der Waals surface area (Å²) >= 11 is 0. The van der Waals surface area contributed by atoms with Gasteiger partial charge in [0.05, 0.1) is 0 Å². The molecule has 1 aliphatic heterocycles. The fraction of sp³-hybridized carbons (Fsp3) is 0.400. The Labute approximate surface area is 97.9 Å². The van der Waals surface area contributed by atoms with Crippen LogP contribution in [-0.4, -0.2) is 46.7 Å². The fourth-order valence-corrected chi connectivity index (χ4v) is 1.01. The molecular formula is C10H15N2O5+. The summed E-state index contributed by atoms with van der Waals surface area (Å²) in [7, 11) is 0. The second kappa shape index (κ2) is 7.29. The van der Waals surface area contributed by atoms with E-state index in [1.807, 2.05) is 0 Å². The number of carbonyl (C=O) groups is 4. The van der Waals surface area contributed by atoms with Crippen molar-refractivity contribution in [1.82, 2.24) is 4.90 Å². The van der Waals surface area contributed by atoms with Crippen LogP contribution in [0.5, 0.6) is 0 Å². The lowest BCUT2D eigenvalue weighted by atomic mass is 10.3. The predicted molar refractivity (Wildman–Crippen MR) is 56.5 cm³/mol. The van der Waals surface area contributed by atoms with E-state index in [0.717, 1.165) is 11.8 Å². The molecule has 0 aromatic heterocycles. The first-order chi connectivity index (χ1) is 7.88. The summed E-state index contributed by atoms with van der Waals surface area (Å²) in [5.41, 5.74) is 3.42. The zero-order chi connectivity index (χ0) is 13.4. The SMILES string of the molecule is CC(=O)O.[NH3+]CC(=O)CCN1C(=O)C=CC1=O. The van der Waals surface area contributed by atoms with Crippen molar-refractivity contribution in [3.63, 3.8) is 0 Å². The van der Waals surface area contributed by atoms with Gasteiger partial charge in [0, 0.05) is 32.0 Å². The largest absolute Gasteiger partial charge is 0.481 e. The van der Waals surface area contributed by atoms with Crippen molar-refractivity contribution in [2.75, 3.05) is 13.1 Å². The number of quaternary nitrogens is 1. The molecule has 0 spiro atoms. The topological polar surface area (TPSA) is 119 Å². The van der Waals surface area contributed by atoms with Crippen LogP contribution in [0.25, 0.3) is 0 Å². The molecule has 0 unspecified atom stereocenters. The van der Waals surface area contributed by atoms with Crippen molar-refractivity contribution in [3.05, 3.63) is 12.2 Å². The van der Waals surface area contributed by atoms with E-state index in [0.29, 0.717) is 0 Å². The van der Waals surface area contributed by atoms with Crippen LogP contribution in [-0.2, 0) is 19.2 Å². The lowest BCUT2D eigenvalue weighted by molar-refractivity contribution is -0.354. The van der Waals surface area contributed by atoms with Gasteiger partial charge < -0.3 is 10.8 Å². The molecule has 0 saturated carbocycles. The molecule has 4 N–H and O–H groups in total. The zero-order valence-corrected chi connectivity index (χ0v) is 9.51. The molecule has 0 aromatic rings. The molecule has 2 amide bonds. The summed E-state index contributed by atoms with van der Waals surface area (Å²) < 4.78 is 0. The van der Waals surface area contributed by atoms with Crippen LogP contribution in [0.4, 0.5) is 0 Å². The first-order valence-corrected chi connectivity index (χ1v) is 4.92. The number of Topliss-reactive ketones (excluding diaryl/α,β-unsaturated/α-hetero) is 1.